The van der Waals surface area contributed by atoms with E-state index in [4.69, 9.17) is 13.7 Å². The van der Waals surface area contributed by atoms with Gasteiger partial charge >= 0.3 is 11.6 Å². The number of nitrogens with zero attached hydrogens (tertiary/aromatic N) is 2. The van der Waals surface area contributed by atoms with Gasteiger partial charge in [-0.1, -0.05) is 61.5 Å². The normalized spacial score (nSPS) is 11.1. The van der Waals surface area contributed by atoms with Crippen LogP contribution in [0, 0.1) is 0 Å². The van der Waals surface area contributed by atoms with Crippen LogP contribution in [0.4, 0.5) is 0 Å². The van der Waals surface area contributed by atoms with Crippen LogP contribution in [-0.4, -0.2) is 16.1 Å². The van der Waals surface area contributed by atoms with Crippen LogP contribution in [0.25, 0.3) is 22.4 Å². The minimum atomic E-state index is -0.814. The number of esters is 1. The van der Waals surface area contributed by atoms with Crippen molar-refractivity contribution in [3.05, 3.63) is 82.0 Å². The number of carbonyl (C=O) groups is 1. The molecule has 7 heteroatoms. The zero-order chi connectivity index (χ0) is 20.4. The second-order valence-corrected chi connectivity index (χ2v) is 6.85. The molecule has 0 radical (unpaired) electrons. The molecule has 2 heterocycles. The number of ether oxygens (including phenoxy) is 1. The predicted molar refractivity (Wildman–Crippen MR) is 105 cm³/mol. The maximum atomic E-state index is 12.3. The Kier molecular flexibility index (Phi) is 4.95. The Bertz CT molecular complexity index is 1220. The van der Waals surface area contributed by atoms with Crippen LogP contribution in [-0.2, 0) is 11.3 Å². The molecular formula is C22H18N2O5. The van der Waals surface area contributed by atoms with Crippen molar-refractivity contribution in [2.75, 3.05) is 0 Å². The minimum absolute atomic E-state index is 0.131. The summed E-state index contributed by atoms with van der Waals surface area (Å²) < 4.78 is 15.4. The Labute approximate surface area is 165 Å². The Morgan fingerprint density at radius 1 is 1.10 bits per heavy atom. The highest BCUT2D eigenvalue weighted by atomic mass is 16.6. The molecule has 0 aliphatic heterocycles. The van der Waals surface area contributed by atoms with Gasteiger partial charge in [0.25, 0.3) is 5.89 Å². The summed E-state index contributed by atoms with van der Waals surface area (Å²) in [4.78, 5) is 28.6. The standard InChI is InChI=1S/C22H18N2O5/c1-13(2)14-7-9-15(10-8-14)20-23-19(29-24-20)12-27-21(25)17-11-16-5-3-4-6-18(16)28-22(17)26/h3-11,13H,12H2,1-2H3. The Hall–Kier alpha value is -3.74. The van der Waals surface area contributed by atoms with Gasteiger partial charge in [0.15, 0.2) is 6.61 Å². The molecule has 0 spiro atoms. The maximum Gasteiger partial charge on any atom is 0.351 e. The van der Waals surface area contributed by atoms with Crippen molar-refractivity contribution in [2.45, 2.75) is 26.4 Å². The fourth-order valence-corrected chi connectivity index (χ4v) is 2.86. The summed E-state index contributed by atoms with van der Waals surface area (Å²) in [7, 11) is 0. The highest BCUT2D eigenvalue weighted by Gasteiger charge is 2.17. The molecule has 4 rings (SSSR count). The summed E-state index contributed by atoms with van der Waals surface area (Å²) >= 11 is 0. The molecule has 0 saturated carbocycles. The summed E-state index contributed by atoms with van der Waals surface area (Å²) in [6.07, 6.45) is 0. The molecule has 2 aromatic heterocycles. The average Bonchev–Trinajstić information content (AvgIpc) is 3.20. The van der Waals surface area contributed by atoms with Gasteiger partial charge in [-0.05, 0) is 23.6 Å². The summed E-state index contributed by atoms with van der Waals surface area (Å²) in [6, 6.07) is 16.2. The Balaban J connectivity index is 1.46. The lowest BCUT2D eigenvalue weighted by Crippen LogP contribution is -2.16. The molecule has 2 aromatic carbocycles. The van der Waals surface area contributed by atoms with Crippen molar-refractivity contribution in [2.24, 2.45) is 0 Å². The lowest BCUT2D eigenvalue weighted by Gasteiger charge is -2.04. The first kappa shape index (κ1) is 18.6. The van der Waals surface area contributed by atoms with Crippen molar-refractivity contribution >= 4 is 16.9 Å². The van der Waals surface area contributed by atoms with E-state index in [-0.39, 0.29) is 18.1 Å². The molecule has 0 amide bonds. The van der Waals surface area contributed by atoms with Gasteiger partial charge in [0.2, 0.25) is 5.82 Å². The zero-order valence-electron chi connectivity index (χ0n) is 15.9. The number of aromatic nitrogens is 2. The van der Waals surface area contributed by atoms with Gasteiger partial charge in [-0.2, -0.15) is 4.98 Å². The van der Waals surface area contributed by atoms with Crippen molar-refractivity contribution in [1.82, 2.24) is 10.1 Å². The third-order valence-electron chi connectivity index (χ3n) is 4.49. The van der Waals surface area contributed by atoms with E-state index < -0.39 is 11.6 Å². The monoisotopic (exact) mass is 390 g/mol. The number of hydrogen-bond acceptors (Lipinski definition) is 7. The van der Waals surface area contributed by atoms with E-state index in [0.29, 0.717) is 22.7 Å². The van der Waals surface area contributed by atoms with Crippen LogP contribution in [0.5, 0.6) is 0 Å². The maximum absolute atomic E-state index is 12.3. The second-order valence-electron chi connectivity index (χ2n) is 6.85. The topological polar surface area (TPSA) is 95.4 Å². The van der Waals surface area contributed by atoms with E-state index in [9.17, 15) is 9.59 Å². The first-order chi connectivity index (χ1) is 14.0. The number of carbonyl (C=O) groups excluding carboxylic acids is 1. The number of benzene rings is 2. The molecule has 146 valence electrons. The third-order valence-corrected chi connectivity index (χ3v) is 4.49. The number of fused-ring (bicyclic) bond motifs is 1. The molecule has 29 heavy (non-hydrogen) atoms. The summed E-state index contributed by atoms with van der Waals surface area (Å²) in [5, 5.41) is 4.54. The van der Waals surface area contributed by atoms with Crippen LogP contribution >= 0.6 is 0 Å². The largest absolute Gasteiger partial charge is 0.452 e. The quantitative estimate of drug-likeness (QED) is 0.370. The van der Waals surface area contributed by atoms with Crippen LogP contribution in [0.15, 0.2) is 68.3 Å². The summed E-state index contributed by atoms with van der Waals surface area (Å²) in [6.45, 7) is 3.99. The molecule has 0 saturated heterocycles. The van der Waals surface area contributed by atoms with Crippen LogP contribution in [0.3, 0.4) is 0 Å². The van der Waals surface area contributed by atoms with Crippen LogP contribution < -0.4 is 5.63 Å². The van der Waals surface area contributed by atoms with Gasteiger partial charge < -0.3 is 13.7 Å². The Morgan fingerprint density at radius 2 is 1.86 bits per heavy atom. The van der Waals surface area contributed by atoms with E-state index in [1.54, 1.807) is 24.3 Å². The van der Waals surface area contributed by atoms with Crippen molar-refractivity contribution in [3.63, 3.8) is 0 Å². The van der Waals surface area contributed by atoms with Crippen LogP contribution in [0.2, 0.25) is 0 Å². The molecule has 0 N–H and O–H groups in total. The SMILES string of the molecule is CC(C)c1ccc(-c2noc(COC(=O)c3cc4ccccc4oc3=O)n2)cc1. The van der Waals surface area contributed by atoms with Crippen LogP contribution in [0.1, 0.15) is 41.6 Å². The summed E-state index contributed by atoms with van der Waals surface area (Å²) in [5.41, 5.74) is 1.46. The highest BCUT2D eigenvalue weighted by molar-refractivity contribution is 5.92. The average molecular weight is 390 g/mol. The smallest absolute Gasteiger partial charge is 0.351 e. The first-order valence-corrected chi connectivity index (χ1v) is 9.14. The van der Waals surface area contributed by atoms with Crippen molar-refractivity contribution in [3.8, 4) is 11.4 Å². The first-order valence-electron chi connectivity index (χ1n) is 9.14. The lowest BCUT2D eigenvalue weighted by molar-refractivity contribution is 0.0425. The second kappa shape index (κ2) is 7.71. The van der Waals surface area contributed by atoms with Gasteiger partial charge in [0.1, 0.15) is 11.1 Å². The Morgan fingerprint density at radius 3 is 2.62 bits per heavy atom. The van der Waals surface area contributed by atoms with Gasteiger partial charge in [-0.15, -0.1) is 0 Å². The molecular weight excluding hydrogens is 372 g/mol. The van der Waals surface area contributed by atoms with E-state index in [0.717, 1.165) is 5.56 Å². The molecule has 0 aliphatic rings. The molecule has 0 fully saturated rings. The van der Waals surface area contributed by atoms with E-state index in [1.807, 2.05) is 24.3 Å². The summed E-state index contributed by atoms with van der Waals surface area (Å²) in [5.74, 6) is 0.144. The van der Waals surface area contributed by atoms with E-state index >= 15 is 0 Å². The third kappa shape index (κ3) is 3.94. The van der Waals surface area contributed by atoms with Gasteiger partial charge in [-0.3, -0.25) is 0 Å². The molecule has 0 unspecified atom stereocenters. The fraction of sp³-hybridized carbons (Fsp3) is 0.182. The van der Waals surface area contributed by atoms with Gasteiger partial charge in [-0.25, -0.2) is 9.59 Å². The van der Waals surface area contributed by atoms with Crippen molar-refractivity contribution in [1.29, 1.82) is 0 Å². The molecule has 7 nitrogen and oxygen atoms in total. The number of rotatable bonds is 5. The molecule has 0 bridgehead atoms. The van der Waals surface area contributed by atoms with Crippen molar-refractivity contribution < 1.29 is 18.5 Å². The minimum Gasteiger partial charge on any atom is -0.452 e. The number of para-hydroxylation sites is 1. The van der Waals surface area contributed by atoms with Gasteiger partial charge in [0.05, 0.1) is 0 Å². The molecule has 0 aliphatic carbocycles. The zero-order valence-corrected chi connectivity index (χ0v) is 15.9. The fourth-order valence-electron chi connectivity index (χ4n) is 2.86. The molecule has 0 atom stereocenters. The van der Waals surface area contributed by atoms with E-state index in [2.05, 4.69) is 24.0 Å². The number of hydrogen-bond donors (Lipinski definition) is 0. The lowest BCUT2D eigenvalue weighted by atomic mass is 10.0. The predicted octanol–water partition coefficient (Wildman–Crippen LogP) is 4.32. The van der Waals surface area contributed by atoms with Gasteiger partial charge in [0, 0.05) is 10.9 Å². The van der Waals surface area contributed by atoms with E-state index in [1.165, 1.54) is 11.6 Å². The molecule has 4 aromatic rings. The highest BCUT2D eigenvalue weighted by Crippen LogP contribution is 2.21.